The van der Waals surface area contributed by atoms with E-state index >= 15 is 0 Å². The lowest BCUT2D eigenvalue weighted by molar-refractivity contribution is -0.120. The van der Waals surface area contributed by atoms with E-state index in [1.807, 2.05) is 17.5 Å². The third-order valence-electron chi connectivity index (χ3n) is 2.29. The van der Waals surface area contributed by atoms with Gasteiger partial charge in [0.1, 0.15) is 0 Å². The molecule has 1 aliphatic heterocycles. The van der Waals surface area contributed by atoms with Crippen molar-refractivity contribution in [1.29, 1.82) is 0 Å². The molecule has 0 spiro atoms. The normalized spacial score (nSPS) is 19.6. The Hall–Kier alpha value is -0.450. The molecule has 0 bridgehead atoms. The first-order valence-electron chi connectivity index (χ1n) is 5.08. The highest BCUT2D eigenvalue weighted by Crippen LogP contribution is 2.34. The molecule has 1 aromatic heterocycles. The summed E-state index contributed by atoms with van der Waals surface area (Å²) < 4.78 is 0.735. The molecule has 1 unspecified atom stereocenters. The Morgan fingerprint density at radius 1 is 1.62 bits per heavy atom. The molecule has 1 atom stereocenters. The molecule has 0 radical (unpaired) electrons. The van der Waals surface area contributed by atoms with E-state index in [0.717, 1.165) is 17.2 Å². The van der Waals surface area contributed by atoms with Crippen LogP contribution in [-0.2, 0) is 11.2 Å². The van der Waals surface area contributed by atoms with Crippen LogP contribution in [0.15, 0.2) is 28.0 Å². The molecule has 2 rings (SSSR count). The van der Waals surface area contributed by atoms with Crippen molar-refractivity contribution in [2.24, 2.45) is 0 Å². The van der Waals surface area contributed by atoms with Crippen molar-refractivity contribution in [2.45, 2.75) is 18.1 Å². The van der Waals surface area contributed by atoms with Crippen LogP contribution >= 0.6 is 34.7 Å². The summed E-state index contributed by atoms with van der Waals surface area (Å²) in [5.41, 5.74) is 0. The summed E-state index contributed by atoms with van der Waals surface area (Å²) in [6, 6.07) is 4.11. The van der Waals surface area contributed by atoms with Gasteiger partial charge in [-0.1, -0.05) is 23.7 Å². The number of allylic oxidation sites excluding steroid dienone is 1. The minimum absolute atomic E-state index is 0.0316. The molecule has 0 saturated heterocycles. The minimum Gasteiger partial charge on any atom is -0.355 e. The van der Waals surface area contributed by atoms with Crippen LogP contribution in [-0.4, -0.2) is 17.7 Å². The Labute approximate surface area is 108 Å². The van der Waals surface area contributed by atoms with Gasteiger partial charge < -0.3 is 5.32 Å². The van der Waals surface area contributed by atoms with Gasteiger partial charge in [0.25, 0.3) is 0 Å². The van der Waals surface area contributed by atoms with Crippen LogP contribution in [0.25, 0.3) is 0 Å². The van der Waals surface area contributed by atoms with Crippen molar-refractivity contribution in [3.63, 3.8) is 0 Å². The zero-order valence-electron chi connectivity index (χ0n) is 8.61. The first-order valence-corrected chi connectivity index (χ1v) is 7.22. The monoisotopic (exact) mass is 273 g/mol. The smallest absolute Gasteiger partial charge is 0.233 e. The fraction of sp³-hybridized carbons (Fsp3) is 0.364. The lowest BCUT2D eigenvalue weighted by Crippen LogP contribution is -2.32. The quantitative estimate of drug-likeness (QED) is 0.914. The van der Waals surface area contributed by atoms with Gasteiger partial charge in [-0.2, -0.15) is 0 Å². The van der Waals surface area contributed by atoms with Crippen LogP contribution in [0.4, 0.5) is 0 Å². The molecule has 16 heavy (non-hydrogen) atoms. The molecule has 1 aromatic rings. The van der Waals surface area contributed by atoms with Gasteiger partial charge in [0.2, 0.25) is 5.91 Å². The topological polar surface area (TPSA) is 29.1 Å². The number of carbonyl (C=O) groups excluding carboxylic acids is 1. The molecule has 0 aromatic carbocycles. The van der Waals surface area contributed by atoms with E-state index in [0.29, 0.717) is 6.54 Å². The highest BCUT2D eigenvalue weighted by Gasteiger charge is 2.23. The Bertz CT molecular complexity index is 389. The Balaban J connectivity index is 1.69. The lowest BCUT2D eigenvalue weighted by Gasteiger charge is -2.09. The van der Waals surface area contributed by atoms with Crippen LogP contribution in [0, 0.1) is 0 Å². The number of thiophene rings is 1. The van der Waals surface area contributed by atoms with Crippen LogP contribution in [0.3, 0.4) is 0 Å². The summed E-state index contributed by atoms with van der Waals surface area (Å²) in [5.74, 6) is 0.0912. The van der Waals surface area contributed by atoms with Crippen molar-refractivity contribution in [2.75, 3.05) is 6.54 Å². The molecule has 0 fully saturated rings. The maximum atomic E-state index is 11.7. The van der Waals surface area contributed by atoms with Crippen LogP contribution in [0.2, 0.25) is 0 Å². The number of nitrogens with one attached hydrogen (secondary N) is 1. The maximum absolute atomic E-state index is 11.7. The van der Waals surface area contributed by atoms with E-state index < -0.39 is 0 Å². The summed E-state index contributed by atoms with van der Waals surface area (Å²) in [5, 5.41) is 4.96. The summed E-state index contributed by atoms with van der Waals surface area (Å²) in [6.45, 7) is 0.702. The lowest BCUT2D eigenvalue weighted by atomic mass is 10.3. The molecule has 2 nitrogen and oxygen atoms in total. The van der Waals surface area contributed by atoms with Crippen molar-refractivity contribution < 1.29 is 4.79 Å². The van der Waals surface area contributed by atoms with E-state index in [2.05, 4.69) is 11.4 Å². The number of hydrogen-bond donors (Lipinski definition) is 1. The first-order chi connectivity index (χ1) is 7.75. The van der Waals surface area contributed by atoms with Crippen molar-refractivity contribution in [1.82, 2.24) is 5.32 Å². The zero-order valence-corrected chi connectivity index (χ0v) is 11.0. The molecule has 0 saturated carbocycles. The number of amides is 1. The molecular weight excluding hydrogens is 262 g/mol. The summed E-state index contributed by atoms with van der Waals surface area (Å²) in [4.78, 5) is 13.0. The molecule has 1 aliphatic rings. The second kappa shape index (κ2) is 5.75. The molecule has 86 valence electrons. The molecule has 2 heterocycles. The highest BCUT2D eigenvalue weighted by molar-refractivity contribution is 8.06. The predicted molar refractivity (Wildman–Crippen MR) is 71.0 cm³/mol. The Morgan fingerprint density at radius 3 is 3.12 bits per heavy atom. The van der Waals surface area contributed by atoms with Crippen LogP contribution in [0.1, 0.15) is 11.3 Å². The molecule has 1 amide bonds. The maximum Gasteiger partial charge on any atom is 0.233 e. The molecule has 0 aliphatic carbocycles. The number of hydrogen-bond acceptors (Lipinski definition) is 3. The number of thioether (sulfide) groups is 1. The van der Waals surface area contributed by atoms with Gasteiger partial charge >= 0.3 is 0 Å². The SMILES string of the molecule is O=C(NCCc1cccs1)C1CC=C(Cl)S1. The summed E-state index contributed by atoms with van der Waals surface area (Å²) >= 11 is 8.97. The third kappa shape index (κ3) is 3.27. The van der Waals surface area contributed by atoms with Crippen LogP contribution < -0.4 is 5.32 Å². The zero-order chi connectivity index (χ0) is 11.4. The van der Waals surface area contributed by atoms with E-state index in [-0.39, 0.29) is 11.2 Å². The van der Waals surface area contributed by atoms with Gasteiger partial charge in [0.05, 0.1) is 9.61 Å². The van der Waals surface area contributed by atoms with E-state index in [9.17, 15) is 4.79 Å². The second-order valence-electron chi connectivity index (χ2n) is 3.47. The summed E-state index contributed by atoms with van der Waals surface area (Å²) in [6.07, 6.45) is 3.55. The van der Waals surface area contributed by atoms with Gasteiger partial charge in [-0.05, 0) is 24.3 Å². The fourth-order valence-corrected chi connectivity index (χ4v) is 3.44. The molecule has 5 heteroatoms. The van der Waals surface area contributed by atoms with Gasteiger partial charge in [-0.25, -0.2) is 0 Å². The minimum atomic E-state index is -0.0316. The second-order valence-corrected chi connectivity index (χ2v) is 6.38. The van der Waals surface area contributed by atoms with Gasteiger partial charge in [0.15, 0.2) is 0 Å². The van der Waals surface area contributed by atoms with E-state index in [4.69, 9.17) is 11.6 Å². The number of rotatable bonds is 4. The average molecular weight is 274 g/mol. The highest BCUT2D eigenvalue weighted by atomic mass is 35.5. The molecular formula is C11H12ClNOS2. The Kier molecular flexibility index (Phi) is 4.32. The Morgan fingerprint density at radius 2 is 2.50 bits per heavy atom. The van der Waals surface area contributed by atoms with Crippen molar-refractivity contribution in [3.8, 4) is 0 Å². The van der Waals surface area contributed by atoms with Gasteiger partial charge in [-0.3, -0.25) is 4.79 Å². The molecule has 1 N–H and O–H groups in total. The number of halogens is 1. The standard InChI is InChI=1S/C11H12ClNOS2/c12-10-4-3-9(16-10)11(14)13-6-5-8-2-1-7-15-8/h1-2,4,7,9H,3,5-6H2,(H,13,14). The fourth-order valence-electron chi connectivity index (χ4n) is 1.47. The number of carbonyl (C=O) groups is 1. The van der Waals surface area contributed by atoms with Gasteiger partial charge in [-0.15, -0.1) is 23.1 Å². The first kappa shape index (κ1) is 12.0. The summed E-state index contributed by atoms with van der Waals surface area (Å²) in [7, 11) is 0. The van der Waals surface area contributed by atoms with Crippen molar-refractivity contribution >= 4 is 40.6 Å². The van der Waals surface area contributed by atoms with Crippen molar-refractivity contribution in [3.05, 3.63) is 32.8 Å². The van der Waals surface area contributed by atoms with E-state index in [1.165, 1.54) is 16.6 Å². The van der Waals surface area contributed by atoms with E-state index in [1.54, 1.807) is 11.3 Å². The average Bonchev–Trinajstić information content (AvgIpc) is 2.89. The largest absolute Gasteiger partial charge is 0.355 e. The third-order valence-corrected chi connectivity index (χ3v) is 4.73. The predicted octanol–water partition coefficient (Wildman–Crippen LogP) is 2.99. The van der Waals surface area contributed by atoms with Gasteiger partial charge in [0, 0.05) is 11.4 Å². The van der Waals surface area contributed by atoms with Crippen LogP contribution in [0.5, 0.6) is 0 Å².